The minimum absolute atomic E-state index is 0.0212. The van der Waals surface area contributed by atoms with Gasteiger partial charge in [-0.1, -0.05) is 82.5 Å². The van der Waals surface area contributed by atoms with Gasteiger partial charge in [-0.15, -0.1) is 0 Å². The summed E-state index contributed by atoms with van der Waals surface area (Å²) in [5.41, 5.74) is 4.58. The van der Waals surface area contributed by atoms with Gasteiger partial charge in [0.1, 0.15) is 18.1 Å². The number of allylic oxidation sites excluding steroid dienone is 2. The predicted octanol–water partition coefficient (Wildman–Crippen LogP) is 9.48. The van der Waals surface area contributed by atoms with E-state index in [2.05, 4.69) is 53.7 Å². The molecule has 1 aliphatic carbocycles. The van der Waals surface area contributed by atoms with E-state index in [1.807, 2.05) is 60.7 Å². The van der Waals surface area contributed by atoms with Crippen molar-refractivity contribution < 1.29 is 38.0 Å². The number of carbonyl (C=O) groups is 1. The third-order valence-electron chi connectivity index (χ3n) is 8.79. The van der Waals surface area contributed by atoms with Crippen LogP contribution >= 0.6 is 0 Å². The molecular formula is C42H56O8. The molecular weight excluding hydrogens is 632 g/mol. The number of fused-ring (bicyclic) bond motifs is 1. The van der Waals surface area contributed by atoms with Crippen molar-refractivity contribution >= 4 is 5.97 Å². The van der Waals surface area contributed by atoms with E-state index in [-0.39, 0.29) is 29.8 Å². The van der Waals surface area contributed by atoms with E-state index in [1.165, 1.54) is 16.7 Å². The van der Waals surface area contributed by atoms with Crippen molar-refractivity contribution in [2.24, 2.45) is 17.3 Å². The van der Waals surface area contributed by atoms with Crippen molar-refractivity contribution in [3.63, 3.8) is 0 Å². The van der Waals surface area contributed by atoms with Crippen molar-refractivity contribution in [3.8, 4) is 23.0 Å². The topological polar surface area (TPSA) is 81.7 Å². The number of ether oxygens (including phenoxy) is 7. The summed E-state index contributed by atoms with van der Waals surface area (Å²) in [6.07, 6.45) is 6.56. The van der Waals surface area contributed by atoms with Gasteiger partial charge in [-0.05, 0) is 91.1 Å². The summed E-state index contributed by atoms with van der Waals surface area (Å²) in [6.45, 7) is 17.1. The number of para-hydroxylation sites is 1. The zero-order valence-electron chi connectivity index (χ0n) is 30.8. The molecule has 1 heterocycles. The lowest BCUT2D eigenvalue weighted by Crippen LogP contribution is -2.10. The summed E-state index contributed by atoms with van der Waals surface area (Å²) in [6, 6.07) is 21.4. The second-order valence-electron chi connectivity index (χ2n) is 13.6. The van der Waals surface area contributed by atoms with Gasteiger partial charge in [-0.25, -0.2) is 0 Å². The quantitative estimate of drug-likeness (QED) is 0.0700. The van der Waals surface area contributed by atoms with Gasteiger partial charge in [0.15, 0.2) is 11.5 Å². The lowest BCUT2D eigenvalue weighted by Gasteiger charge is -2.11. The fraction of sp³-hybridized carbons (Fsp3) is 0.500. The molecule has 2 unspecified atom stereocenters. The molecule has 1 fully saturated rings. The molecule has 0 spiro atoms. The Labute approximate surface area is 299 Å². The third-order valence-corrected chi connectivity index (χ3v) is 8.79. The Morgan fingerprint density at radius 1 is 0.780 bits per heavy atom. The van der Waals surface area contributed by atoms with Gasteiger partial charge in [-0.2, -0.15) is 0 Å². The summed E-state index contributed by atoms with van der Waals surface area (Å²) < 4.78 is 39.0. The molecule has 3 aromatic rings. The first-order valence-corrected chi connectivity index (χ1v) is 18.0. The molecule has 0 saturated heterocycles. The minimum atomic E-state index is -0.119. The fourth-order valence-electron chi connectivity index (χ4n) is 5.90. The maximum absolute atomic E-state index is 12.5. The minimum Gasteiger partial charge on any atom is -0.461 e. The van der Waals surface area contributed by atoms with Gasteiger partial charge >= 0.3 is 5.97 Å². The number of unbranched alkanes of at least 4 members (excludes halogenated alkanes) is 1. The number of carbonyl (C=O) groups excluding carboxylic acids is 1. The Kier molecular flexibility index (Phi) is 15.7. The van der Waals surface area contributed by atoms with E-state index in [4.69, 9.17) is 33.2 Å². The summed E-state index contributed by atoms with van der Waals surface area (Å²) in [4.78, 5) is 12.5. The van der Waals surface area contributed by atoms with Crippen molar-refractivity contribution in [2.75, 3.05) is 39.8 Å². The van der Waals surface area contributed by atoms with Crippen LogP contribution in [-0.4, -0.2) is 45.8 Å². The molecule has 8 nitrogen and oxygen atoms in total. The zero-order chi connectivity index (χ0) is 35.8. The molecule has 0 amide bonds. The summed E-state index contributed by atoms with van der Waals surface area (Å²) in [5.74, 6) is 3.27. The van der Waals surface area contributed by atoms with Crippen LogP contribution in [-0.2, 0) is 43.4 Å². The van der Waals surface area contributed by atoms with Gasteiger partial charge in [0.05, 0.1) is 39.0 Å². The molecule has 0 bridgehead atoms. The van der Waals surface area contributed by atoms with Gasteiger partial charge in [0.25, 0.3) is 0 Å². The maximum Gasteiger partial charge on any atom is 0.310 e. The van der Waals surface area contributed by atoms with Gasteiger partial charge in [-0.3, -0.25) is 4.79 Å². The predicted molar refractivity (Wildman–Crippen MR) is 196 cm³/mol. The zero-order valence-corrected chi connectivity index (χ0v) is 30.8. The Morgan fingerprint density at radius 3 is 2.12 bits per heavy atom. The van der Waals surface area contributed by atoms with Crippen LogP contribution in [0.5, 0.6) is 23.0 Å². The van der Waals surface area contributed by atoms with Crippen LogP contribution in [0.4, 0.5) is 0 Å². The van der Waals surface area contributed by atoms with Gasteiger partial charge < -0.3 is 33.2 Å². The Balaban J connectivity index is 0.000000226. The molecule has 2 aliphatic rings. The molecule has 50 heavy (non-hydrogen) atoms. The lowest BCUT2D eigenvalue weighted by molar-refractivity contribution is -0.147. The molecule has 1 aliphatic heterocycles. The van der Waals surface area contributed by atoms with Crippen molar-refractivity contribution in [1.29, 1.82) is 0 Å². The highest BCUT2D eigenvalue weighted by Crippen LogP contribution is 2.59. The Morgan fingerprint density at radius 2 is 1.44 bits per heavy atom. The number of hydrogen-bond acceptors (Lipinski definition) is 8. The van der Waals surface area contributed by atoms with Crippen LogP contribution in [0.1, 0.15) is 77.5 Å². The van der Waals surface area contributed by atoms with Crippen LogP contribution in [0.2, 0.25) is 0 Å². The molecule has 1 saturated carbocycles. The average molecular weight is 689 g/mol. The first kappa shape index (κ1) is 38.9. The fourth-order valence-corrected chi connectivity index (χ4v) is 5.90. The van der Waals surface area contributed by atoms with E-state index in [1.54, 1.807) is 0 Å². The summed E-state index contributed by atoms with van der Waals surface area (Å²) >= 11 is 0. The van der Waals surface area contributed by atoms with Crippen LogP contribution in [0.15, 0.2) is 78.4 Å². The van der Waals surface area contributed by atoms with Gasteiger partial charge in [0, 0.05) is 6.61 Å². The Bertz CT molecular complexity index is 1490. The molecule has 0 aromatic heterocycles. The highest BCUT2D eigenvalue weighted by atomic mass is 16.7. The monoisotopic (exact) mass is 688 g/mol. The largest absolute Gasteiger partial charge is 0.461 e. The molecule has 8 heteroatoms. The van der Waals surface area contributed by atoms with Gasteiger partial charge in [0.2, 0.25) is 6.79 Å². The second-order valence-corrected chi connectivity index (χ2v) is 13.6. The van der Waals surface area contributed by atoms with E-state index in [9.17, 15) is 4.79 Å². The molecule has 2 atom stereocenters. The number of rotatable bonds is 19. The number of esters is 1. The molecule has 272 valence electrons. The summed E-state index contributed by atoms with van der Waals surface area (Å²) in [5, 5.41) is 0. The lowest BCUT2D eigenvalue weighted by atomic mass is 10.0. The second kappa shape index (κ2) is 20.1. The average Bonchev–Trinajstić information content (AvgIpc) is 3.37. The van der Waals surface area contributed by atoms with Crippen LogP contribution < -0.4 is 14.2 Å². The first-order valence-electron chi connectivity index (χ1n) is 18.0. The van der Waals surface area contributed by atoms with Crippen molar-refractivity contribution in [3.05, 3.63) is 95.1 Å². The standard InChI is InChI=1S/C23H26O3.C19H30O5/c1-16(2)13-20-21(23(20,3)4)22(24)25-15-17-9-8-12-19(14-17)26-18-10-6-5-7-11-18;1-3-5-7-20-8-9-21-10-11-22-14-17-13-19-18(23-15-24-19)12-16(17)6-4-2/h5-14,20-21H,15H2,1-4H3;12-13H,3-11,14-15H2,1-2H3. The SMILES string of the molecule is CC(C)=CC1C(C(=O)OCc2cccc(Oc3ccccc3)c2)C1(C)C.CCCCOCCOCCOCc1cc2c(cc1CCC)OCO2. The maximum atomic E-state index is 12.5. The highest BCUT2D eigenvalue weighted by molar-refractivity contribution is 5.78. The molecule has 0 N–H and O–H groups in total. The molecule has 3 aromatic carbocycles. The Hall–Kier alpha value is -3.85. The molecule has 0 radical (unpaired) electrons. The number of hydrogen-bond donors (Lipinski definition) is 0. The van der Waals surface area contributed by atoms with Crippen LogP contribution in [0.25, 0.3) is 0 Å². The van der Waals surface area contributed by atoms with Crippen LogP contribution in [0.3, 0.4) is 0 Å². The summed E-state index contributed by atoms with van der Waals surface area (Å²) in [7, 11) is 0. The third kappa shape index (κ3) is 12.2. The van der Waals surface area contributed by atoms with E-state index in [0.717, 1.165) is 60.9 Å². The number of aryl methyl sites for hydroxylation is 1. The first-order chi connectivity index (χ1) is 24.2. The number of benzene rings is 3. The van der Waals surface area contributed by atoms with E-state index >= 15 is 0 Å². The normalized spacial score (nSPS) is 16.6. The smallest absolute Gasteiger partial charge is 0.310 e. The van der Waals surface area contributed by atoms with Crippen molar-refractivity contribution in [2.45, 2.75) is 80.4 Å². The molecule has 5 rings (SSSR count). The van der Waals surface area contributed by atoms with Crippen molar-refractivity contribution in [1.82, 2.24) is 0 Å². The highest BCUT2D eigenvalue weighted by Gasteiger charge is 2.61. The van der Waals surface area contributed by atoms with E-state index < -0.39 is 0 Å². The van der Waals surface area contributed by atoms with E-state index in [0.29, 0.717) is 39.8 Å². The van der Waals surface area contributed by atoms with Crippen LogP contribution in [0, 0.1) is 17.3 Å².